The third kappa shape index (κ3) is 4.45. The molecule has 2 aromatic heterocycles. The second-order valence-corrected chi connectivity index (χ2v) is 9.61. The van der Waals surface area contributed by atoms with Crippen LogP contribution in [0.15, 0.2) is 54.9 Å². The Balaban J connectivity index is 1.20. The molecule has 0 unspecified atom stereocenters. The Morgan fingerprint density at radius 3 is 2.69 bits per heavy atom. The lowest BCUT2D eigenvalue weighted by Crippen LogP contribution is -2.51. The van der Waals surface area contributed by atoms with E-state index < -0.39 is 24.1 Å². The van der Waals surface area contributed by atoms with Gasteiger partial charge in [-0.2, -0.15) is 0 Å². The Morgan fingerprint density at radius 2 is 2.00 bits per heavy atom. The van der Waals surface area contributed by atoms with Gasteiger partial charge in [0.15, 0.2) is 0 Å². The standard InChI is InChI=1S/C26H29N5O4/c1-16(23(32)28-14-20-11-17-13-27-10-7-21(17)30-20)29-24(33)22-12-19(15-31(22)25(34)35)26(8-9-26)18-5-3-2-4-6-18/h2-7,10-11,13,16,19,22,30H,8-9,12,14-15H2,1H3,(H,28,32)(H,29,33)(H,34,35)/t16-,19-,22+/m0/s1. The number of carbonyl (C=O) groups excluding carboxylic acids is 2. The van der Waals surface area contributed by atoms with Crippen LogP contribution in [-0.2, 0) is 21.5 Å². The normalized spacial score (nSPS) is 21.5. The molecule has 3 atom stereocenters. The molecular formula is C26H29N5O4. The molecule has 3 amide bonds. The molecular weight excluding hydrogens is 446 g/mol. The monoisotopic (exact) mass is 475 g/mol. The zero-order valence-corrected chi connectivity index (χ0v) is 19.5. The maximum Gasteiger partial charge on any atom is 0.407 e. The molecule has 1 saturated heterocycles. The Kier molecular flexibility index (Phi) is 5.92. The molecule has 9 nitrogen and oxygen atoms in total. The summed E-state index contributed by atoms with van der Waals surface area (Å²) in [5, 5.41) is 16.3. The summed E-state index contributed by atoms with van der Waals surface area (Å²) in [6.45, 7) is 2.20. The highest BCUT2D eigenvalue weighted by Gasteiger charge is 2.56. The highest BCUT2D eigenvalue weighted by atomic mass is 16.4. The average Bonchev–Trinajstić information content (AvgIpc) is 3.35. The fraction of sp³-hybridized carbons (Fsp3) is 0.385. The number of pyridine rings is 1. The minimum atomic E-state index is -1.11. The molecule has 2 aliphatic rings. The molecule has 1 aromatic carbocycles. The number of hydrogen-bond acceptors (Lipinski definition) is 4. The summed E-state index contributed by atoms with van der Waals surface area (Å²) in [6, 6.07) is 12.3. The number of nitrogens with one attached hydrogen (secondary N) is 3. The van der Waals surface area contributed by atoms with Gasteiger partial charge in [0, 0.05) is 35.5 Å². The molecule has 35 heavy (non-hydrogen) atoms. The van der Waals surface area contributed by atoms with E-state index in [9.17, 15) is 19.5 Å². The first-order chi connectivity index (χ1) is 16.9. The average molecular weight is 476 g/mol. The van der Waals surface area contributed by atoms with Crippen LogP contribution < -0.4 is 10.6 Å². The van der Waals surface area contributed by atoms with Gasteiger partial charge in [0.25, 0.3) is 0 Å². The summed E-state index contributed by atoms with van der Waals surface area (Å²) in [5.74, 6) is -0.704. The number of rotatable bonds is 7. The summed E-state index contributed by atoms with van der Waals surface area (Å²) in [5.41, 5.74) is 2.89. The molecule has 0 radical (unpaired) electrons. The number of carbonyl (C=O) groups is 3. The number of aromatic amines is 1. The first-order valence-electron chi connectivity index (χ1n) is 11.9. The smallest absolute Gasteiger partial charge is 0.407 e. The number of carboxylic acid groups (broad SMARTS) is 1. The largest absolute Gasteiger partial charge is 0.465 e. The topological polar surface area (TPSA) is 127 Å². The Morgan fingerprint density at radius 1 is 1.23 bits per heavy atom. The van der Waals surface area contributed by atoms with Gasteiger partial charge in [-0.1, -0.05) is 30.3 Å². The maximum absolute atomic E-state index is 13.1. The summed E-state index contributed by atoms with van der Waals surface area (Å²) in [6.07, 6.45) is 4.76. The van der Waals surface area contributed by atoms with E-state index in [0.29, 0.717) is 13.0 Å². The minimum Gasteiger partial charge on any atom is -0.465 e. The summed E-state index contributed by atoms with van der Waals surface area (Å²) >= 11 is 0. The highest BCUT2D eigenvalue weighted by Crippen LogP contribution is 2.57. The lowest BCUT2D eigenvalue weighted by molar-refractivity contribution is -0.130. The van der Waals surface area contributed by atoms with Crippen LogP contribution in [0.4, 0.5) is 4.79 Å². The quantitative estimate of drug-likeness (QED) is 0.418. The van der Waals surface area contributed by atoms with Gasteiger partial charge in [0.2, 0.25) is 11.8 Å². The molecule has 3 aromatic rings. The second-order valence-electron chi connectivity index (χ2n) is 9.61. The van der Waals surface area contributed by atoms with Gasteiger partial charge in [-0.15, -0.1) is 0 Å². The van der Waals surface area contributed by atoms with E-state index in [1.165, 1.54) is 10.5 Å². The van der Waals surface area contributed by atoms with Crippen molar-refractivity contribution in [1.82, 2.24) is 25.5 Å². The Hall–Kier alpha value is -3.88. The van der Waals surface area contributed by atoms with Gasteiger partial charge >= 0.3 is 6.09 Å². The molecule has 2 fully saturated rings. The molecule has 0 spiro atoms. The van der Waals surface area contributed by atoms with Crippen molar-refractivity contribution in [2.45, 2.75) is 50.2 Å². The number of nitrogens with zero attached hydrogens (tertiary/aromatic N) is 2. The SMILES string of the molecule is C[C@H](NC(=O)[C@H]1C[C@H](C2(c3ccccc3)CC2)CN1C(=O)O)C(=O)NCc1cc2cnccc2[nH]1. The second kappa shape index (κ2) is 9.05. The van der Waals surface area contributed by atoms with Crippen LogP contribution in [0.2, 0.25) is 0 Å². The number of hydrogen-bond donors (Lipinski definition) is 4. The van der Waals surface area contributed by atoms with Crippen LogP contribution in [0.25, 0.3) is 10.9 Å². The molecule has 1 saturated carbocycles. The number of likely N-dealkylation sites (tertiary alicyclic amines) is 1. The van der Waals surface area contributed by atoms with E-state index in [0.717, 1.165) is 29.4 Å². The minimum absolute atomic E-state index is 0.0670. The number of aromatic nitrogens is 2. The predicted molar refractivity (Wildman–Crippen MR) is 130 cm³/mol. The number of amides is 3. The molecule has 1 aliphatic carbocycles. The van der Waals surface area contributed by atoms with E-state index in [2.05, 4.69) is 32.7 Å². The third-order valence-corrected chi connectivity index (χ3v) is 7.45. The highest BCUT2D eigenvalue weighted by molar-refractivity contribution is 5.91. The van der Waals surface area contributed by atoms with Crippen molar-refractivity contribution in [2.75, 3.05) is 6.54 Å². The van der Waals surface area contributed by atoms with Crippen molar-refractivity contribution in [3.8, 4) is 0 Å². The molecule has 5 rings (SSSR count). The first kappa shape index (κ1) is 22.9. The molecule has 4 N–H and O–H groups in total. The molecule has 0 bridgehead atoms. The van der Waals surface area contributed by atoms with Crippen LogP contribution in [-0.4, -0.2) is 56.5 Å². The predicted octanol–water partition coefficient (Wildman–Crippen LogP) is 2.78. The zero-order chi connectivity index (χ0) is 24.6. The van der Waals surface area contributed by atoms with Crippen molar-refractivity contribution < 1.29 is 19.5 Å². The van der Waals surface area contributed by atoms with Crippen LogP contribution in [0.1, 0.15) is 37.4 Å². The third-order valence-electron chi connectivity index (χ3n) is 7.45. The van der Waals surface area contributed by atoms with Gasteiger partial charge in [0.05, 0.1) is 6.54 Å². The number of benzene rings is 1. The van der Waals surface area contributed by atoms with E-state index in [1.54, 1.807) is 19.3 Å². The first-order valence-corrected chi connectivity index (χ1v) is 11.9. The summed E-state index contributed by atoms with van der Waals surface area (Å²) in [4.78, 5) is 46.2. The number of fused-ring (bicyclic) bond motifs is 1. The fourth-order valence-electron chi connectivity index (χ4n) is 5.37. The maximum atomic E-state index is 13.1. The van der Waals surface area contributed by atoms with E-state index >= 15 is 0 Å². The van der Waals surface area contributed by atoms with E-state index in [1.807, 2.05) is 30.3 Å². The van der Waals surface area contributed by atoms with Crippen molar-refractivity contribution >= 4 is 28.8 Å². The summed E-state index contributed by atoms with van der Waals surface area (Å²) in [7, 11) is 0. The molecule has 3 heterocycles. The van der Waals surface area contributed by atoms with Crippen molar-refractivity contribution in [1.29, 1.82) is 0 Å². The van der Waals surface area contributed by atoms with Crippen LogP contribution in [0, 0.1) is 5.92 Å². The molecule has 182 valence electrons. The summed E-state index contributed by atoms with van der Waals surface area (Å²) < 4.78 is 0. The van der Waals surface area contributed by atoms with E-state index in [4.69, 9.17) is 0 Å². The Labute approximate surface area is 202 Å². The van der Waals surface area contributed by atoms with Gasteiger partial charge < -0.3 is 20.7 Å². The zero-order valence-electron chi connectivity index (χ0n) is 19.5. The molecule has 1 aliphatic heterocycles. The fourth-order valence-corrected chi connectivity index (χ4v) is 5.37. The van der Waals surface area contributed by atoms with Crippen molar-refractivity contribution in [3.63, 3.8) is 0 Å². The lowest BCUT2D eigenvalue weighted by Gasteiger charge is -2.23. The van der Waals surface area contributed by atoms with Crippen molar-refractivity contribution in [2.24, 2.45) is 5.92 Å². The van der Waals surface area contributed by atoms with Gasteiger partial charge in [-0.05, 0) is 55.2 Å². The van der Waals surface area contributed by atoms with Crippen LogP contribution in [0.5, 0.6) is 0 Å². The van der Waals surface area contributed by atoms with Gasteiger partial charge in [-0.3, -0.25) is 19.5 Å². The van der Waals surface area contributed by atoms with Gasteiger partial charge in [0.1, 0.15) is 12.1 Å². The van der Waals surface area contributed by atoms with Crippen LogP contribution in [0.3, 0.4) is 0 Å². The van der Waals surface area contributed by atoms with Crippen molar-refractivity contribution in [3.05, 3.63) is 66.1 Å². The number of H-pyrrole nitrogens is 1. The lowest BCUT2D eigenvalue weighted by atomic mass is 9.81. The van der Waals surface area contributed by atoms with Gasteiger partial charge in [-0.25, -0.2) is 4.79 Å². The molecule has 9 heteroatoms. The van der Waals surface area contributed by atoms with E-state index in [-0.39, 0.29) is 23.8 Å². The van der Waals surface area contributed by atoms with Crippen LogP contribution >= 0.6 is 0 Å². The Bertz CT molecular complexity index is 1220.